The summed E-state index contributed by atoms with van der Waals surface area (Å²) in [5.41, 5.74) is 2.41. The molecule has 0 spiro atoms. The van der Waals surface area contributed by atoms with E-state index in [1.165, 1.54) is 18.2 Å². The van der Waals surface area contributed by atoms with Gasteiger partial charge in [-0.2, -0.15) is 0 Å². The third kappa shape index (κ3) is 6.90. The van der Waals surface area contributed by atoms with Crippen molar-refractivity contribution in [2.45, 2.75) is 26.8 Å². The number of amides is 1. The molecule has 0 radical (unpaired) electrons. The molecule has 0 bridgehead atoms. The van der Waals surface area contributed by atoms with Crippen LogP contribution in [-0.2, 0) is 20.9 Å². The maximum atomic E-state index is 11.8. The molecule has 0 aliphatic heterocycles. The fourth-order valence-electron chi connectivity index (χ4n) is 2.01. The zero-order valence-electron chi connectivity index (χ0n) is 13.0. The summed E-state index contributed by atoms with van der Waals surface area (Å²) in [5, 5.41) is 2.73. The molecule has 116 valence electrons. The normalized spacial score (nSPS) is 10.5. The number of nitrogens with zero attached hydrogens (tertiary/aromatic N) is 1. The lowest BCUT2D eigenvalue weighted by Gasteiger charge is -2.20. The maximum absolute atomic E-state index is 11.8. The number of methoxy groups -OCH3 is 1. The van der Waals surface area contributed by atoms with Gasteiger partial charge in [0.25, 0.3) is 0 Å². The molecule has 0 atom stereocenters. The molecule has 1 N–H and O–H groups in total. The van der Waals surface area contributed by atoms with Crippen molar-refractivity contribution in [1.29, 1.82) is 0 Å². The number of benzene rings is 1. The molecule has 0 fully saturated rings. The van der Waals surface area contributed by atoms with Crippen LogP contribution in [0.25, 0.3) is 0 Å². The Bertz CT molecular complexity index is 474. The Morgan fingerprint density at radius 3 is 2.71 bits per heavy atom. The molecule has 5 heteroatoms. The zero-order valence-corrected chi connectivity index (χ0v) is 13.0. The number of esters is 1. The number of rotatable bonds is 8. The largest absolute Gasteiger partial charge is 0.469 e. The molecule has 1 amide bonds. The third-order valence-corrected chi connectivity index (χ3v) is 3.18. The molecule has 0 heterocycles. The summed E-state index contributed by atoms with van der Waals surface area (Å²) < 4.78 is 4.52. The van der Waals surface area contributed by atoms with Gasteiger partial charge in [0.1, 0.15) is 0 Å². The second-order valence-corrected chi connectivity index (χ2v) is 4.97. The number of ether oxygens (including phenoxy) is 1. The number of hydrogen-bond acceptors (Lipinski definition) is 4. The van der Waals surface area contributed by atoms with Gasteiger partial charge in [-0.1, -0.05) is 36.8 Å². The lowest BCUT2D eigenvalue weighted by atomic mass is 10.1. The van der Waals surface area contributed by atoms with Crippen LogP contribution in [0.5, 0.6) is 0 Å². The predicted molar refractivity (Wildman–Crippen MR) is 81.8 cm³/mol. The van der Waals surface area contributed by atoms with E-state index in [9.17, 15) is 9.59 Å². The van der Waals surface area contributed by atoms with Crippen LogP contribution in [0.2, 0.25) is 0 Å². The van der Waals surface area contributed by atoms with Gasteiger partial charge in [-0.25, -0.2) is 0 Å². The van der Waals surface area contributed by atoms with Crippen LogP contribution >= 0.6 is 0 Å². The standard InChI is InChI=1S/C16H24N2O3/c1-4-18(11-14-7-5-6-13(2)10-14)12-15(19)17-9-8-16(20)21-3/h5-7,10H,4,8-9,11-12H2,1-3H3,(H,17,19). The fraction of sp³-hybridized carbons (Fsp3) is 0.500. The minimum Gasteiger partial charge on any atom is -0.469 e. The first-order valence-corrected chi connectivity index (χ1v) is 7.16. The van der Waals surface area contributed by atoms with Gasteiger partial charge in [-0.05, 0) is 19.0 Å². The van der Waals surface area contributed by atoms with E-state index in [0.717, 1.165) is 13.1 Å². The van der Waals surface area contributed by atoms with Gasteiger partial charge in [-0.15, -0.1) is 0 Å². The highest BCUT2D eigenvalue weighted by atomic mass is 16.5. The fourth-order valence-corrected chi connectivity index (χ4v) is 2.01. The molecule has 0 aliphatic carbocycles. The average molecular weight is 292 g/mol. The molecular weight excluding hydrogens is 268 g/mol. The average Bonchev–Trinajstić information content (AvgIpc) is 2.46. The van der Waals surface area contributed by atoms with Crippen LogP contribution in [0.15, 0.2) is 24.3 Å². The number of carbonyl (C=O) groups excluding carboxylic acids is 2. The minimum atomic E-state index is -0.317. The number of hydrogen-bond donors (Lipinski definition) is 1. The van der Waals surface area contributed by atoms with E-state index in [-0.39, 0.29) is 18.3 Å². The van der Waals surface area contributed by atoms with Crippen LogP contribution in [-0.4, -0.2) is 43.5 Å². The SMILES string of the molecule is CCN(CC(=O)NCCC(=O)OC)Cc1cccc(C)c1. The van der Waals surface area contributed by atoms with Crippen molar-refractivity contribution >= 4 is 11.9 Å². The van der Waals surface area contributed by atoms with Crippen molar-refractivity contribution in [3.8, 4) is 0 Å². The van der Waals surface area contributed by atoms with Gasteiger partial charge in [0.05, 0.1) is 20.1 Å². The van der Waals surface area contributed by atoms with Gasteiger partial charge < -0.3 is 10.1 Å². The number of aryl methyl sites for hydroxylation is 1. The Kier molecular flexibility index (Phi) is 7.46. The third-order valence-electron chi connectivity index (χ3n) is 3.18. The van der Waals surface area contributed by atoms with Gasteiger partial charge in [0.2, 0.25) is 5.91 Å². The van der Waals surface area contributed by atoms with Gasteiger partial charge in [0, 0.05) is 13.1 Å². The van der Waals surface area contributed by atoms with Crippen molar-refractivity contribution in [1.82, 2.24) is 10.2 Å². The molecule has 5 nitrogen and oxygen atoms in total. The quantitative estimate of drug-likeness (QED) is 0.738. The molecule has 1 aromatic carbocycles. The number of carbonyl (C=O) groups is 2. The summed E-state index contributed by atoms with van der Waals surface area (Å²) in [4.78, 5) is 24.9. The summed E-state index contributed by atoms with van der Waals surface area (Å²) in [6.45, 7) is 6.25. The van der Waals surface area contributed by atoms with E-state index in [1.807, 2.05) is 13.0 Å². The number of likely N-dealkylation sites (N-methyl/N-ethyl adjacent to an activating group) is 1. The summed E-state index contributed by atoms with van der Waals surface area (Å²) >= 11 is 0. The Labute approximate surface area is 126 Å². The second kappa shape index (κ2) is 9.13. The van der Waals surface area contributed by atoms with E-state index in [0.29, 0.717) is 13.1 Å². The van der Waals surface area contributed by atoms with Crippen molar-refractivity contribution < 1.29 is 14.3 Å². The van der Waals surface area contributed by atoms with Crippen LogP contribution < -0.4 is 5.32 Å². The summed E-state index contributed by atoms with van der Waals surface area (Å²) in [6.07, 6.45) is 0.201. The summed E-state index contributed by atoms with van der Waals surface area (Å²) in [7, 11) is 1.34. The molecule has 21 heavy (non-hydrogen) atoms. The molecule has 0 saturated heterocycles. The topological polar surface area (TPSA) is 58.6 Å². The van der Waals surface area contributed by atoms with Crippen molar-refractivity contribution in [3.63, 3.8) is 0 Å². The highest BCUT2D eigenvalue weighted by Gasteiger charge is 2.10. The van der Waals surface area contributed by atoms with E-state index in [2.05, 4.69) is 40.1 Å². The van der Waals surface area contributed by atoms with Crippen molar-refractivity contribution in [2.24, 2.45) is 0 Å². The Morgan fingerprint density at radius 2 is 2.10 bits per heavy atom. The van der Waals surface area contributed by atoms with Crippen LogP contribution in [0.1, 0.15) is 24.5 Å². The summed E-state index contributed by atoms with van der Waals surface area (Å²) in [6, 6.07) is 8.26. The van der Waals surface area contributed by atoms with Crippen LogP contribution in [0, 0.1) is 6.92 Å². The second-order valence-electron chi connectivity index (χ2n) is 4.97. The molecule has 0 saturated carbocycles. The van der Waals surface area contributed by atoms with Crippen LogP contribution in [0.3, 0.4) is 0 Å². The molecule has 0 aliphatic rings. The Balaban J connectivity index is 2.39. The van der Waals surface area contributed by atoms with E-state index >= 15 is 0 Å². The van der Waals surface area contributed by atoms with Crippen molar-refractivity contribution in [3.05, 3.63) is 35.4 Å². The molecule has 0 aromatic heterocycles. The van der Waals surface area contributed by atoms with Gasteiger partial charge in [-0.3, -0.25) is 14.5 Å². The highest BCUT2D eigenvalue weighted by Crippen LogP contribution is 2.07. The first kappa shape index (κ1) is 17.2. The van der Waals surface area contributed by atoms with Gasteiger partial charge in [0.15, 0.2) is 0 Å². The van der Waals surface area contributed by atoms with Gasteiger partial charge >= 0.3 is 5.97 Å². The van der Waals surface area contributed by atoms with Crippen LogP contribution in [0.4, 0.5) is 0 Å². The predicted octanol–water partition coefficient (Wildman–Crippen LogP) is 1.50. The summed E-state index contributed by atoms with van der Waals surface area (Å²) in [5.74, 6) is -0.393. The van der Waals surface area contributed by atoms with Crippen molar-refractivity contribution in [2.75, 3.05) is 26.7 Å². The zero-order chi connectivity index (χ0) is 15.7. The smallest absolute Gasteiger partial charge is 0.307 e. The Hall–Kier alpha value is -1.88. The lowest BCUT2D eigenvalue weighted by Crippen LogP contribution is -2.37. The first-order valence-electron chi connectivity index (χ1n) is 7.16. The Morgan fingerprint density at radius 1 is 1.33 bits per heavy atom. The van der Waals surface area contributed by atoms with E-state index < -0.39 is 0 Å². The molecule has 0 unspecified atom stereocenters. The molecular formula is C16H24N2O3. The maximum Gasteiger partial charge on any atom is 0.307 e. The molecule has 1 aromatic rings. The monoisotopic (exact) mass is 292 g/mol. The number of nitrogens with one attached hydrogen (secondary N) is 1. The van der Waals surface area contributed by atoms with E-state index in [4.69, 9.17) is 0 Å². The minimum absolute atomic E-state index is 0.0755. The van der Waals surface area contributed by atoms with E-state index in [1.54, 1.807) is 0 Å². The highest BCUT2D eigenvalue weighted by molar-refractivity contribution is 5.78. The molecule has 1 rings (SSSR count). The first-order chi connectivity index (χ1) is 10.0. The lowest BCUT2D eigenvalue weighted by molar-refractivity contribution is -0.140.